The number of benzene rings is 1. The van der Waals surface area contributed by atoms with Gasteiger partial charge in [0.2, 0.25) is 0 Å². The van der Waals surface area contributed by atoms with Gasteiger partial charge < -0.3 is 0 Å². The van der Waals surface area contributed by atoms with Gasteiger partial charge >= 0.3 is 0 Å². The van der Waals surface area contributed by atoms with E-state index in [1.165, 1.54) is 5.56 Å². The molecule has 1 unspecified atom stereocenters. The van der Waals surface area contributed by atoms with Gasteiger partial charge in [-0.15, -0.1) is 0 Å². The van der Waals surface area contributed by atoms with Crippen LogP contribution in [0.5, 0.6) is 0 Å². The summed E-state index contributed by atoms with van der Waals surface area (Å²) in [7, 11) is 0. The van der Waals surface area contributed by atoms with Crippen LogP contribution in [0.4, 0.5) is 0 Å². The highest BCUT2D eigenvalue weighted by Gasteiger charge is 2.08. The SMILES string of the molecule is Cc1ccc(C(C#N)NCCC(C)C)cc1. The van der Waals surface area contributed by atoms with E-state index in [0.717, 1.165) is 18.5 Å². The molecule has 0 heterocycles. The first-order valence-corrected chi connectivity index (χ1v) is 5.83. The summed E-state index contributed by atoms with van der Waals surface area (Å²) in [4.78, 5) is 0. The molecule has 1 aromatic rings. The average Bonchev–Trinajstić information content (AvgIpc) is 2.26. The van der Waals surface area contributed by atoms with Crippen LogP contribution in [0.1, 0.15) is 37.4 Å². The molecular weight excluding hydrogens is 196 g/mol. The van der Waals surface area contributed by atoms with Crippen LogP contribution in [0, 0.1) is 24.2 Å². The third-order valence-corrected chi connectivity index (χ3v) is 2.61. The van der Waals surface area contributed by atoms with Crippen LogP contribution < -0.4 is 5.32 Å². The molecule has 0 fully saturated rings. The predicted octanol–water partition coefficient (Wildman–Crippen LogP) is 3.20. The third-order valence-electron chi connectivity index (χ3n) is 2.61. The van der Waals surface area contributed by atoms with Crippen LogP contribution in [0.15, 0.2) is 24.3 Å². The summed E-state index contributed by atoms with van der Waals surface area (Å²) in [6, 6.07) is 10.2. The van der Waals surface area contributed by atoms with Gasteiger partial charge in [0.25, 0.3) is 0 Å². The van der Waals surface area contributed by atoms with E-state index in [1.807, 2.05) is 24.3 Å². The van der Waals surface area contributed by atoms with Crippen molar-refractivity contribution in [3.05, 3.63) is 35.4 Å². The third kappa shape index (κ3) is 4.04. The van der Waals surface area contributed by atoms with Crippen LogP contribution in [0.2, 0.25) is 0 Å². The molecular formula is C14H20N2. The van der Waals surface area contributed by atoms with Gasteiger partial charge in [-0.05, 0) is 31.4 Å². The molecule has 1 rings (SSSR count). The molecule has 0 aliphatic heterocycles. The molecule has 2 nitrogen and oxygen atoms in total. The molecule has 0 aliphatic rings. The van der Waals surface area contributed by atoms with Crippen molar-refractivity contribution in [2.24, 2.45) is 5.92 Å². The lowest BCUT2D eigenvalue weighted by atomic mass is 10.1. The molecule has 86 valence electrons. The van der Waals surface area contributed by atoms with Gasteiger partial charge in [0, 0.05) is 0 Å². The Labute approximate surface area is 98.3 Å². The first-order chi connectivity index (χ1) is 7.63. The van der Waals surface area contributed by atoms with Crippen molar-refractivity contribution >= 4 is 0 Å². The molecule has 1 atom stereocenters. The van der Waals surface area contributed by atoms with Gasteiger partial charge in [0.05, 0.1) is 6.07 Å². The molecule has 0 radical (unpaired) electrons. The van der Waals surface area contributed by atoms with E-state index in [2.05, 4.69) is 32.2 Å². The maximum absolute atomic E-state index is 9.10. The Kier molecular flexibility index (Phi) is 5.01. The molecule has 1 aromatic carbocycles. The van der Waals surface area contributed by atoms with Crippen LogP contribution in [0.3, 0.4) is 0 Å². The van der Waals surface area contributed by atoms with Gasteiger partial charge in [-0.25, -0.2) is 0 Å². The number of nitrogens with one attached hydrogen (secondary N) is 1. The molecule has 0 saturated heterocycles. The van der Waals surface area contributed by atoms with E-state index in [1.54, 1.807) is 0 Å². The average molecular weight is 216 g/mol. The van der Waals surface area contributed by atoms with Gasteiger partial charge in [0.15, 0.2) is 0 Å². The molecule has 0 aromatic heterocycles. The number of nitrogens with zero attached hydrogens (tertiary/aromatic N) is 1. The standard InChI is InChI=1S/C14H20N2/c1-11(2)8-9-16-14(10-15)13-6-4-12(3)5-7-13/h4-7,11,14,16H,8-9H2,1-3H3. The van der Waals surface area contributed by atoms with Crippen molar-refractivity contribution in [1.82, 2.24) is 5.32 Å². The summed E-state index contributed by atoms with van der Waals surface area (Å²) in [6.07, 6.45) is 1.10. The Bertz CT molecular complexity index is 346. The van der Waals surface area contributed by atoms with E-state index in [-0.39, 0.29) is 6.04 Å². The maximum Gasteiger partial charge on any atom is 0.121 e. The normalized spacial score (nSPS) is 12.4. The highest BCUT2D eigenvalue weighted by molar-refractivity contribution is 5.27. The Morgan fingerprint density at radius 1 is 1.25 bits per heavy atom. The highest BCUT2D eigenvalue weighted by Crippen LogP contribution is 2.13. The van der Waals surface area contributed by atoms with Gasteiger partial charge in [-0.1, -0.05) is 43.7 Å². The lowest BCUT2D eigenvalue weighted by Gasteiger charge is -2.13. The Morgan fingerprint density at radius 3 is 2.38 bits per heavy atom. The Hall–Kier alpha value is -1.33. The zero-order valence-electron chi connectivity index (χ0n) is 10.3. The fourth-order valence-corrected chi connectivity index (χ4v) is 1.51. The molecule has 0 bridgehead atoms. The van der Waals surface area contributed by atoms with Crippen LogP contribution in [0.25, 0.3) is 0 Å². The number of nitriles is 1. The largest absolute Gasteiger partial charge is 0.298 e. The van der Waals surface area contributed by atoms with E-state index >= 15 is 0 Å². The molecule has 0 spiro atoms. The highest BCUT2D eigenvalue weighted by atomic mass is 14.9. The maximum atomic E-state index is 9.10. The van der Waals surface area contributed by atoms with Crippen molar-refractivity contribution in [3.8, 4) is 6.07 Å². The fraction of sp³-hybridized carbons (Fsp3) is 0.500. The number of rotatable bonds is 5. The van der Waals surface area contributed by atoms with Gasteiger partial charge in [-0.2, -0.15) is 5.26 Å². The molecule has 16 heavy (non-hydrogen) atoms. The zero-order chi connectivity index (χ0) is 12.0. The van der Waals surface area contributed by atoms with E-state index in [4.69, 9.17) is 5.26 Å². The summed E-state index contributed by atoms with van der Waals surface area (Å²) in [5.74, 6) is 0.671. The second kappa shape index (κ2) is 6.30. The van der Waals surface area contributed by atoms with Gasteiger partial charge in [0.1, 0.15) is 6.04 Å². The molecule has 0 amide bonds. The van der Waals surface area contributed by atoms with Crippen molar-refractivity contribution in [1.29, 1.82) is 5.26 Å². The predicted molar refractivity (Wildman–Crippen MR) is 67.0 cm³/mol. The summed E-state index contributed by atoms with van der Waals surface area (Å²) in [6.45, 7) is 7.32. The summed E-state index contributed by atoms with van der Waals surface area (Å²) < 4.78 is 0. The smallest absolute Gasteiger partial charge is 0.121 e. The topological polar surface area (TPSA) is 35.8 Å². The van der Waals surface area contributed by atoms with Crippen LogP contribution in [-0.2, 0) is 0 Å². The summed E-state index contributed by atoms with van der Waals surface area (Å²) in [5.41, 5.74) is 2.28. The fourth-order valence-electron chi connectivity index (χ4n) is 1.51. The minimum Gasteiger partial charge on any atom is -0.298 e. The molecule has 2 heteroatoms. The summed E-state index contributed by atoms with van der Waals surface area (Å²) in [5, 5.41) is 12.4. The van der Waals surface area contributed by atoms with Crippen molar-refractivity contribution in [2.75, 3.05) is 6.54 Å². The van der Waals surface area contributed by atoms with Crippen LogP contribution >= 0.6 is 0 Å². The first kappa shape index (κ1) is 12.7. The molecule has 0 saturated carbocycles. The van der Waals surface area contributed by atoms with Crippen molar-refractivity contribution in [3.63, 3.8) is 0 Å². The summed E-state index contributed by atoms with van der Waals surface area (Å²) >= 11 is 0. The second-order valence-corrected chi connectivity index (χ2v) is 4.61. The molecule has 0 aliphatic carbocycles. The van der Waals surface area contributed by atoms with Crippen LogP contribution in [-0.4, -0.2) is 6.54 Å². The first-order valence-electron chi connectivity index (χ1n) is 5.83. The number of aryl methyl sites for hydroxylation is 1. The van der Waals surface area contributed by atoms with Gasteiger partial charge in [-0.3, -0.25) is 5.32 Å². The second-order valence-electron chi connectivity index (χ2n) is 4.61. The minimum absolute atomic E-state index is 0.181. The van der Waals surface area contributed by atoms with Crippen molar-refractivity contribution < 1.29 is 0 Å². The number of hydrogen-bond acceptors (Lipinski definition) is 2. The van der Waals surface area contributed by atoms with E-state index in [0.29, 0.717) is 5.92 Å². The quantitative estimate of drug-likeness (QED) is 0.820. The number of hydrogen-bond donors (Lipinski definition) is 1. The Balaban J connectivity index is 2.55. The Morgan fingerprint density at radius 2 is 1.88 bits per heavy atom. The van der Waals surface area contributed by atoms with E-state index < -0.39 is 0 Å². The lowest BCUT2D eigenvalue weighted by Crippen LogP contribution is -2.22. The monoisotopic (exact) mass is 216 g/mol. The minimum atomic E-state index is -0.181. The molecule has 1 N–H and O–H groups in total. The van der Waals surface area contributed by atoms with Crippen molar-refractivity contribution in [2.45, 2.75) is 33.2 Å². The zero-order valence-corrected chi connectivity index (χ0v) is 10.3. The van der Waals surface area contributed by atoms with E-state index in [9.17, 15) is 0 Å². The lowest BCUT2D eigenvalue weighted by molar-refractivity contribution is 0.519.